The summed E-state index contributed by atoms with van der Waals surface area (Å²) in [6.45, 7) is 1.51. The zero-order valence-electron chi connectivity index (χ0n) is 13.5. The van der Waals surface area contributed by atoms with Crippen molar-refractivity contribution in [1.29, 1.82) is 0 Å². The van der Waals surface area contributed by atoms with Gasteiger partial charge in [0.2, 0.25) is 11.7 Å². The Balaban J connectivity index is 2.36. The van der Waals surface area contributed by atoms with Crippen LogP contribution in [0, 0.1) is 0 Å². The number of nitrogens with zero attached hydrogens (tertiary/aromatic N) is 3. The number of anilines is 1. The number of fused-ring (bicyclic) bond motifs is 1. The van der Waals surface area contributed by atoms with E-state index in [1.165, 1.54) is 32.0 Å². The van der Waals surface area contributed by atoms with Gasteiger partial charge in [-0.05, 0) is 6.92 Å². The number of aliphatic hydroxyl groups is 1. The normalized spacial score (nSPS) is 13.7. The maximum absolute atomic E-state index is 12.1. The quantitative estimate of drug-likeness (QED) is 0.314. The summed E-state index contributed by atoms with van der Waals surface area (Å²) in [5.74, 6) is -0.682. The van der Waals surface area contributed by atoms with Crippen molar-refractivity contribution >= 4 is 23.1 Å². The molecule has 2 aromatic heterocycles. The van der Waals surface area contributed by atoms with Crippen molar-refractivity contribution in [3.63, 3.8) is 0 Å². The molecule has 0 bridgehead atoms. The van der Waals surface area contributed by atoms with Gasteiger partial charge in [-0.1, -0.05) is 0 Å². The first-order valence-corrected chi connectivity index (χ1v) is 7.00. The van der Waals surface area contributed by atoms with E-state index in [0.29, 0.717) is 0 Å². The predicted molar refractivity (Wildman–Crippen MR) is 82.2 cm³/mol. The summed E-state index contributed by atoms with van der Waals surface area (Å²) < 4.78 is 16.5. The molecule has 3 N–H and O–H groups in total. The maximum Gasteiger partial charge on any atom is 0.359 e. The molecule has 0 spiro atoms. The van der Waals surface area contributed by atoms with Gasteiger partial charge < -0.3 is 24.6 Å². The van der Waals surface area contributed by atoms with E-state index < -0.39 is 17.3 Å². The highest BCUT2D eigenvalue weighted by molar-refractivity contribution is 5.82. The number of carbonyl (C=O) groups is 1. The van der Waals surface area contributed by atoms with E-state index >= 15 is 0 Å². The fourth-order valence-electron chi connectivity index (χ4n) is 1.94. The van der Waals surface area contributed by atoms with Gasteiger partial charge in [0.15, 0.2) is 11.2 Å². The number of esters is 1. The number of hydrogen-bond acceptors (Lipinski definition) is 9. The SMILES string of the molecule is COC(=O)C(C)(Nc1nc2c(ncn2COCCO)c(=O)[nH]1)OC. The van der Waals surface area contributed by atoms with E-state index in [1.807, 2.05) is 0 Å². The fraction of sp³-hybridized carbons (Fsp3) is 0.538. The van der Waals surface area contributed by atoms with Gasteiger partial charge in [-0.25, -0.2) is 9.78 Å². The monoisotopic (exact) mass is 341 g/mol. The van der Waals surface area contributed by atoms with Gasteiger partial charge in [-0.15, -0.1) is 0 Å². The number of H-pyrrole nitrogens is 1. The van der Waals surface area contributed by atoms with Crippen LogP contribution in [0.25, 0.3) is 11.2 Å². The summed E-state index contributed by atoms with van der Waals surface area (Å²) in [6, 6.07) is 0. The van der Waals surface area contributed by atoms with Crippen LogP contribution in [0.2, 0.25) is 0 Å². The largest absolute Gasteiger partial charge is 0.465 e. The molecular weight excluding hydrogens is 322 g/mol. The molecular formula is C13H19N5O6. The minimum absolute atomic E-state index is 0.00570. The molecule has 24 heavy (non-hydrogen) atoms. The Bertz CT molecular complexity index is 772. The van der Waals surface area contributed by atoms with Gasteiger partial charge in [-0.2, -0.15) is 4.98 Å². The third-order valence-electron chi connectivity index (χ3n) is 3.28. The van der Waals surface area contributed by atoms with Gasteiger partial charge in [0.05, 0.1) is 26.7 Å². The Morgan fingerprint density at radius 2 is 2.25 bits per heavy atom. The van der Waals surface area contributed by atoms with Crippen molar-refractivity contribution in [2.45, 2.75) is 19.4 Å². The topological polar surface area (TPSA) is 141 Å². The maximum atomic E-state index is 12.1. The first-order chi connectivity index (χ1) is 11.4. The summed E-state index contributed by atoms with van der Waals surface area (Å²) >= 11 is 0. The van der Waals surface area contributed by atoms with Crippen molar-refractivity contribution in [1.82, 2.24) is 19.5 Å². The van der Waals surface area contributed by atoms with Crippen molar-refractivity contribution in [3.8, 4) is 0 Å². The molecule has 11 heteroatoms. The van der Waals surface area contributed by atoms with E-state index in [2.05, 4.69) is 25.0 Å². The van der Waals surface area contributed by atoms with Gasteiger partial charge in [0.1, 0.15) is 6.73 Å². The smallest absolute Gasteiger partial charge is 0.359 e. The van der Waals surface area contributed by atoms with Gasteiger partial charge in [-0.3, -0.25) is 14.3 Å². The Morgan fingerprint density at radius 1 is 1.50 bits per heavy atom. The third-order valence-corrected chi connectivity index (χ3v) is 3.28. The second kappa shape index (κ2) is 7.38. The highest BCUT2D eigenvalue weighted by atomic mass is 16.6. The molecule has 0 radical (unpaired) electrons. The van der Waals surface area contributed by atoms with Gasteiger partial charge in [0.25, 0.3) is 5.56 Å². The summed E-state index contributed by atoms with van der Waals surface area (Å²) in [6.07, 6.45) is 1.39. The van der Waals surface area contributed by atoms with Crippen LogP contribution < -0.4 is 10.9 Å². The highest BCUT2D eigenvalue weighted by Gasteiger charge is 2.35. The first-order valence-electron chi connectivity index (χ1n) is 7.00. The average Bonchev–Trinajstić information content (AvgIpc) is 2.97. The molecule has 2 rings (SSSR count). The molecule has 132 valence electrons. The van der Waals surface area contributed by atoms with Crippen molar-refractivity contribution in [2.24, 2.45) is 0 Å². The third kappa shape index (κ3) is 3.53. The lowest BCUT2D eigenvalue weighted by Crippen LogP contribution is -2.46. The fourth-order valence-corrected chi connectivity index (χ4v) is 1.94. The molecule has 11 nitrogen and oxygen atoms in total. The number of aliphatic hydroxyl groups excluding tert-OH is 1. The zero-order valence-corrected chi connectivity index (χ0v) is 13.5. The Hall–Kier alpha value is -2.50. The van der Waals surface area contributed by atoms with Crippen LogP contribution in [0.1, 0.15) is 6.92 Å². The molecule has 0 aliphatic carbocycles. The van der Waals surface area contributed by atoms with Crippen LogP contribution in [0.3, 0.4) is 0 Å². The van der Waals surface area contributed by atoms with E-state index in [4.69, 9.17) is 14.6 Å². The summed E-state index contributed by atoms with van der Waals surface area (Å²) in [5.41, 5.74) is -1.66. The summed E-state index contributed by atoms with van der Waals surface area (Å²) in [4.78, 5) is 34.6. The molecule has 0 aromatic carbocycles. The molecule has 0 fully saturated rings. The number of rotatable bonds is 8. The lowest BCUT2D eigenvalue weighted by atomic mass is 10.2. The summed E-state index contributed by atoms with van der Waals surface area (Å²) in [5, 5.41) is 11.4. The molecule has 1 atom stereocenters. The minimum Gasteiger partial charge on any atom is -0.465 e. The summed E-state index contributed by atoms with van der Waals surface area (Å²) in [7, 11) is 2.53. The number of aromatic nitrogens is 4. The molecule has 0 amide bonds. The second-order valence-electron chi connectivity index (χ2n) is 4.92. The number of carbonyl (C=O) groups excluding carboxylic acids is 1. The standard InChI is InChI=1S/C13H19N5O6/c1-13(23-3,11(21)22-2)17-12-15-9-8(10(20)16-12)14-6-18(9)7-24-5-4-19/h6,19H,4-5,7H2,1-3H3,(H2,15,16,17,20). The van der Waals surface area contributed by atoms with Crippen LogP contribution >= 0.6 is 0 Å². The van der Waals surface area contributed by atoms with E-state index in [1.54, 1.807) is 0 Å². The van der Waals surface area contributed by atoms with E-state index in [9.17, 15) is 9.59 Å². The average molecular weight is 341 g/mol. The van der Waals surface area contributed by atoms with Crippen LogP contribution in [0.15, 0.2) is 11.1 Å². The van der Waals surface area contributed by atoms with Gasteiger partial charge >= 0.3 is 5.97 Å². The number of imidazole rings is 1. The number of methoxy groups -OCH3 is 2. The second-order valence-corrected chi connectivity index (χ2v) is 4.92. The number of nitrogens with one attached hydrogen (secondary N) is 2. The van der Waals surface area contributed by atoms with Crippen molar-refractivity contribution in [2.75, 3.05) is 32.8 Å². The predicted octanol–water partition coefficient (Wildman–Crippen LogP) is -0.966. The molecule has 1 unspecified atom stereocenters. The number of ether oxygens (including phenoxy) is 3. The van der Waals surface area contributed by atoms with Crippen LogP contribution in [-0.4, -0.2) is 63.8 Å². The molecule has 0 aliphatic rings. The van der Waals surface area contributed by atoms with Crippen molar-refractivity contribution < 1.29 is 24.1 Å². The Morgan fingerprint density at radius 3 is 2.88 bits per heavy atom. The van der Waals surface area contributed by atoms with Gasteiger partial charge in [0, 0.05) is 7.11 Å². The molecule has 2 aromatic rings. The molecule has 0 saturated heterocycles. The lowest BCUT2D eigenvalue weighted by Gasteiger charge is -2.26. The molecule has 0 saturated carbocycles. The highest BCUT2D eigenvalue weighted by Crippen LogP contribution is 2.15. The van der Waals surface area contributed by atoms with Crippen molar-refractivity contribution in [3.05, 3.63) is 16.7 Å². The minimum atomic E-state index is -1.53. The van der Waals surface area contributed by atoms with E-state index in [0.717, 1.165) is 0 Å². The molecule has 2 heterocycles. The molecule has 0 aliphatic heterocycles. The van der Waals surface area contributed by atoms with E-state index in [-0.39, 0.29) is 37.1 Å². The Labute approximate surface area is 136 Å². The zero-order chi connectivity index (χ0) is 17.7. The lowest BCUT2D eigenvalue weighted by molar-refractivity contribution is -0.160. The van der Waals surface area contributed by atoms with Crippen LogP contribution in [0.4, 0.5) is 5.95 Å². The number of aromatic amines is 1. The first kappa shape index (κ1) is 17.8. The van der Waals surface area contributed by atoms with Crippen LogP contribution in [0.5, 0.6) is 0 Å². The number of hydrogen-bond donors (Lipinski definition) is 3. The Kier molecular flexibility index (Phi) is 5.49. The van der Waals surface area contributed by atoms with Crippen LogP contribution in [-0.2, 0) is 25.7 Å².